The Bertz CT molecular complexity index is 391. The van der Waals surface area contributed by atoms with Gasteiger partial charge in [-0.05, 0) is 38.3 Å². The molecule has 1 fully saturated rings. The zero-order valence-electron chi connectivity index (χ0n) is 13.5. The predicted octanol–water partition coefficient (Wildman–Crippen LogP) is 3.74. The number of unbranched alkanes of at least 4 members (excludes halogenated alkanes) is 1. The normalized spacial score (nSPS) is 19.9. The van der Waals surface area contributed by atoms with Gasteiger partial charge in [-0.3, -0.25) is 0 Å². The van der Waals surface area contributed by atoms with E-state index in [0.29, 0.717) is 5.41 Å². The van der Waals surface area contributed by atoms with Crippen LogP contribution in [0.5, 0.6) is 0 Å². The maximum Gasteiger partial charge on any atom is 0.0948 e. The number of rotatable bonds is 7. The molecular weight excluding hydrogens is 246 g/mol. The van der Waals surface area contributed by atoms with E-state index in [1.165, 1.54) is 44.2 Å². The summed E-state index contributed by atoms with van der Waals surface area (Å²) in [7, 11) is 0. The van der Waals surface area contributed by atoms with Gasteiger partial charge >= 0.3 is 0 Å². The molecule has 20 heavy (non-hydrogen) atoms. The molecule has 2 heterocycles. The van der Waals surface area contributed by atoms with Crippen molar-refractivity contribution >= 4 is 0 Å². The Kier molecular flexibility index (Phi) is 5.64. The highest BCUT2D eigenvalue weighted by molar-refractivity contribution is 5.15. The highest BCUT2D eigenvalue weighted by atomic mass is 15.1. The molecule has 0 radical (unpaired) electrons. The molecule has 0 aromatic carbocycles. The van der Waals surface area contributed by atoms with Crippen LogP contribution in [0.2, 0.25) is 0 Å². The van der Waals surface area contributed by atoms with Crippen molar-refractivity contribution in [3.8, 4) is 0 Å². The first-order valence-electron chi connectivity index (χ1n) is 8.41. The molecule has 0 saturated carbocycles. The number of nitrogens with zero attached hydrogens (tertiary/aromatic N) is 2. The summed E-state index contributed by atoms with van der Waals surface area (Å²) in [5.74, 6) is 0.799. The van der Waals surface area contributed by atoms with Crippen molar-refractivity contribution < 1.29 is 0 Å². The summed E-state index contributed by atoms with van der Waals surface area (Å²) >= 11 is 0. The van der Waals surface area contributed by atoms with Gasteiger partial charge in [0.2, 0.25) is 0 Å². The van der Waals surface area contributed by atoms with Gasteiger partial charge in [0, 0.05) is 23.9 Å². The summed E-state index contributed by atoms with van der Waals surface area (Å²) in [6.45, 7) is 10.4. The van der Waals surface area contributed by atoms with E-state index < -0.39 is 0 Å². The van der Waals surface area contributed by atoms with Crippen LogP contribution in [0.25, 0.3) is 0 Å². The number of aromatic nitrogens is 2. The van der Waals surface area contributed by atoms with Gasteiger partial charge in [0.15, 0.2) is 0 Å². The molecule has 1 aliphatic rings. The van der Waals surface area contributed by atoms with Gasteiger partial charge in [-0.1, -0.05) is 40.0 Å². The summed E-state index contributed by atoms with van der Waals surface area (Å²) < 4.78 is 2.44. The molecule has 3 nitrogen and oxygen atoms in total. The van der Waals surface area contributed by atoms with E-state index in [1.54, 1.807) is 0 Å². The standard InChI is InChI=1S/C17H31N3/c1-4-6-7-15(5-2)13-20-14-19-12-16(20)17(3)8-10-18-11-9-17/h12,14-15,18H,4-11,13H2,1-3H3. The van der Waals surface area contributed by atoms with E-state index in [0.717, 1.165) is 25.6 Å². The average molecular weight is 277 g/mol. The topological polar surface area (TPSA) is 29.9 Å². The van der Waals surface area contributed by atoms with Crippen molar-refractivity contribution in [3.63, 3.8) is 0 Å². The number of hydrogen-bond donors (Lipinski definition) is 1. The molecule has 0 amide bonds. The van der Waals surface area contributed by atoms with Crippen molar-refractivity contribution in [2.45, 2.75) is 71.3 Å². The van der Waals surface area contributed by atoms with Crippen LogP contribution >= 0.6 is 0 Å². The fourth-order valence-electron chi connectivity index (χ4n) is 3.40. The molecule has 0 aliphatic carbocycles. The van der Waals surface area contributed by atoms with Gasteiger partial charge in [0.25, 0.3) is 0 Å². The largest absolute Gasteiger partial charge is 0.334 e. The van der Waals surface area contributed by atoms with E-state index in [2.05, 4.69) is 48.2 Å². The molecular formula is C17H31N3. The Morgan fingerprint density at radius 2 is 2.10 bits per heavy atom. The first-order chi connectivity index (χ1) is 9.69. The number of piperidine rings is 1. The van der Waals surface area contributed by atoms with Crippen LogP contribution < -0.4 is 5.32 Å². The van der Waals surface area contributed by atoms with Crippen LogP contribution in [0.4, 0.5) is 0 Å². The Balaban J connectivity index is 2.07. The van der Waals surface area contributed by atoms with Crippen LogP contribution in [0.1, 0.15) is 65.0 Å². The molecule has 2 rings (SSSR count). The molecule has 1 aliphatic heterocycles. The van der Waals surface area contributed by atoms with Gasteiger partial charge < -0.3 is 9.88 Å². The smallest absolute Gasteiger partial charge is 0.0948 e. The monoisotopic (exact) mass is 277 g/mol. The van der Waals surface area contributed by atoms with Crippen molar-refractivity contribution in [3.05, 3.63) is 18.2 Å². The van der Waals surface area contributed by atoms with Crippen LogP contribution in [0.15, 0.2) is 12.5 Å². The molecule has 1 aromatic rings. The first kappa shape index (κ1) is 15.6. The van der Waals surface area contributed by atoms with E-state index >= 15 is 0 Å². The number of imidazole rings is 1. The number of nitrogens with one attached hydrogen (secondary N) is 1. The SMILES string of the molecule is CCCCC(CC)Cn1cncc1C1(C)CCNCC1. The average Bonchev–Trinajstić information content (AvgIpc) is 2.93. The Labute approximate surface area is 124 Å². The summed E-state index contributed by atoms with van der Waals surface area (Å²) in [6.07, 6.45) is 11.9. The van der Waals surface area contributed by atoms with Crippen LogP contribution in [-0.2, 0) is 12.0 Å². The third-order valence-corrected chi connectivity index (χ3v) is 5.04. The summed E-state index contributed by atoms with van der Waals surface area (Å²) in [5.41, 5.74) is 1.76. The highest BCUT2D eigenvalue weighted by Crippen LogP contribution is 2.33. The van der Waals surface area contributed by atoms with Crippen LogP contribution in [0, 0.1) is 5.92 Å². The van der Waals surface area contributed by atoms with E-state index in [1.807, 2.05) is 0 Å². The van der Waals surface area contributed by atoms with E-state index in [-0.39, 0.29) is 0 Å². The first-order valence-corrected chi connectivity index (χ1v) is 8.41. The van der Waals surface area contributed by atoms with Crippen molar-refractivity contribution in [1.29, 1.82) is 0 Å². The lowest BCUT2D eigenvalue weighted by Crippen LogP contribution is -2.39. The van der Waals surface area contributed by atoms with Gasteiger partial charge in [-0.15, -0.1) is 0 Å². The van der Waals surface area contributed by atoms with Gasteiger partial charge in [0.1, 0.15) is 0 Å². The molecule has 1 unspecified atom stereocenters. The Morgan fingerprint density at radius 3 is 2.75 bits per heavy atom. The van der Waals surface area contributed by atoms with Crippen LogP contribution in [-0.4, -0.2) is 22.6 Å². The second-order valence-electron chi connectivity index (χ2n) is 6.66. The van der Waals surface area contributed by atoms with Crippen molar-refractivity contribution in [2.24, 2.45) is 5.92 Å². The van der Waals surface area contributed by atoms with Crippen molar-refractivity contribution in [2.75, 3.05) is 13.1 Å². The molecule has 0 spiro atoms. The molecule has 1 saturated heterocycles. The third kappa shape index (κ3) is 3.63. The quantitative estimate of drug-likeness (QED) is 0.823. The lowest BCUT2D eigenvalue weighted by atomic mass is 9.78. The van der Waals surface area contributed by atoms with Gasteiger partial charge in [-0.2, -0.15) is 0 Å². The summed E-state index contributed by atoms with van der Waals surface area (Å²) in [5, 5.41) is 3.47. The predicted molar refractivity (Wildman–Crippen MR) is 85.0 cm³/mol. The maximum absolute atomic E-state index is 4.45. The number of hydrogen-bond acceptors (Lipinski definition) is 2. The van der Waals surface area contributed by atoms with Gasteiger partial charge in [0.05, 0.1) is 6.33 Å². The molecule has 1 atom stereocenters. The van der Waals surface area contributed by atoms with Crippen molar-refractivity contribution in [1.82, 2.24) is 14.9 Å². The minimum atomic E-state index is 0.310. The minimum absolute atomic E-state index is 0.310. The molecule has 114 valence electrons. The lowest BCUT2D eigenvalue weighted by molar-refractivity contribution is 0.303. The van der Waals surface area contributed by atoms with Crippen LogP contribution in [0.3, 0.4) is 0 Å². The Hall–Kier alpha value is -0.830. The second-order valence-corrected chi connectivity index (χ2v) is 6.66. The lowest BCUT2D eigenvalue weighted by Gasteiger charge is -2.35. The zero-order chi connectivity index (χ0) is 14.4. The molecule has 1 N–H and O–H groups in total. The zero-order valence-corrected chi connectivity index (χ0v) is 13.5. The Morgan fingerprint density at radius 1 is 1.35 bits per heavy atom. The third-order valence-electron chi connectivity index (χ3n) is 5.04. The summed E-state index contributed by atoms with van der Waals surface area (Å²) in [6, 6.07) is 0. The van der Waals surface area contributed by atoms with Gasteiger partial charge in [-0.25, -0.2) is 4.98 Å². The minimum Gasteiger partial charge on any atom is -0.334 e. The second kappa shape index (κ2) is 7.26. The van der Waals surface area contributed by atoms with E-state index in [4.69, 9.17) is 0 Å². The summed E-state index contributed by atoms with van der Waals surface area (Å²) in [4.78, 5) is 4.45. The molecule has 1 aromatic heterocycles. The molecule has 3 heteroatoms. The highest BCUT2D eigenvalue weighted by Gasteiger charge is 2.31. The fraction of sp³-hybridized carbons (Fsp3) is 0.824. The van der Waals surface area contributed by atoms with E-state index in [9.17, 15) is 0 Å². The molecule has 0 bridgehead atoms. The maximum atomic E-state index is 4.45. The fourth-order valence-corrected chi connectivity index (χ4v) is 3.40.